The average molecular weight is 360 g/mol. The first kappa shape index (κ1) is 17.7. The molecule has 2 N–H and O–H groups in total. The van der Waals surface area contributed by atoms with Gasteiger partial charge in [-0.2, -0.15) is 0 Å². The minimum absolute atomic E-state index is 0.123. The van der Waals surface area contributed by atoms with E-state index in [2.05, 4.69) is 10.6 Å². The predicted octanol–water partition coefficient (Wildman–Crippen LogP) is -0.167. The van der Waals surface area contributed by atoms with E-state index in [1.54, 1.807) is 0 Å². The van der Waals surface area contributed by atoms with E-state index in [9.17, 15) is 29.3 Å². The number of nitro benzene ring substituents is 1. The maximum absolute atomic E-state index is 12.4. The van der Waals surface area contributed by atoms with E-state index >= 15 is 0 Å². The number of hydrogen-bond acceptors (Lipinski definition) is 7. The number of nitrogens with one attached hydrogen (secondary N) is 2. The van der Waals surface area contributed by atoms with E-state index in [-0.39, 0.29) is 17.0 Å². The minimum Gasteiger partial charge on any atom is -0.317 e. The van der Waals surface area contributed by atoms with Crippen LogP contribution in [0.25, 0.3) is 0 Å². The number of rotatable bonds is 4. The van der Waals surface area contributed by atoms with Gasteiger partial charge in [0.2, 0.25) is 11.8 Å². The fraction of sp³-hybridized carbons (Fsp3) is 0.375. The van der Waals surface area contributed by atoms with Crippen molar-refractivity contribution in [1.29, 1.82) is 0 Å². The molecule has 0 unspecified atom stereocenters. The third-order valence-corrected chi connectivity index (χ3v) is 4.45. The number of benzene rings is 1. The number of piperidine rings is 1. The van der Waals surface area contributed by atoms with Gasteiger partial charge in [0.15, 0.2) is 0 Å². The van der Waals surface area contributed by atoms with Crippen LogP contribution in [0.1, 0.15) is 33.6 Å². The molecule has 2 aliphatic heterocycles. The van der Waals surface area contributed by atoms with Gasteiger partial charge in [0.05, 0.1) is 10.5 Å². The third-order valence-electron chi connectivity index (χ3n) is 4.45. The van der Waals surface area contributed by atoms with Gasteiger partial charge in [0.25, 0.3) is 17.5 Å². The number of amides is 4. The second-order valence-corrected chi connectivity index (χ2v) is 6.09. The SMILES string of the molecule is O=C(CN1C(=O)c2cccc([N+](=O)[O-])c2C1=O)NC(=O)C1CCNCC1. The van der Waals surface area contributed by atoms with Gasteiger partial charge in [-0.3, -0.25) is 39.5 Å². The molecule has 0 spiro atoms. The van der Waals surface area contributed by atoms with E-state index < -0.39 is 40.8 Å². The second-order valence-electron chi connectivity index (χ2n) is 6.09. The van der Waals surface area contributed by atoms with Gasteiger partial charge in [-0.05, 0) is 32.0 Å². The van der Waals surface area contributed by atoms with Crippen LogP contribution >= 0.6 is 0 Å². The molecule has 10 heteroatoms. The molecule has 0 atom stereocenters. The Bertz CT molecular complexity index is 815. The van der Waals surface area contributed by atoms with Gasteiger partial charge in [-0.25, -0.2) is 0 Å². The van der Waals surface area contributed by atoms with Crippen LogP contribution in [0.2, 0.25) is 0 Å². The molecule has 1 fully saturated rings. The van der Waals surface area contributed by atoms with Crippen LogP contribution < -0.4 is 10.6 Å². The molecule has 1 saturated heterocycles. The number of nitro groups is 1. The lowest BCUT2D eigenvalue weighted by atomic mass is 9.97. The lowest BCUT2D eigenvalue weighted by Crippen LogP contribution is -2.45. The maximum Gasteiger partial charge on any atom is 0.282 e. The van der Waals surface area contributed by atoms with Crippen LogP contribution in [0.3, 0.4) is 0 Å². The maximum atomic E-state index is 12.4. The average Bonchev–Trinajstić information content (AvgIpc) is 2.87. The molecule has 2 heterocycles. The van der Waals surface area contributed by atoms with Crippen molar-refractivity contribution in [2.24, 2.45) is 5.92 Å². The lowest BCUT2D eigenvalue weighted by Gasteiger charge is -2.21. The molecule has 0 aromatic heterocycles. The molecule has 10 nitrogen and oxygen atoms in total. The van der Waals surface area contributed by atoms with Crippen molar-refractivity contribution in [3.63, 3.8) is 0 Å². The summed E-state index contributed by atoms with van der Waals surface area (Å²) in [6.07, 6.45) is 1.19. The Labute approximate surface area is 147 Å². The Hall–Kier alpha value is -3.14. The number of carbonyl (C=O) groups excluding carboxylic acids is 4. The second kappa shape index (κ2) is 7.00. The Morgan fingerprint density at radius 1 is 1.23 bits per heavy atom. The van der Waals surface area contributed by atoms with Gasteiger partial charge < -0.3 is 5.32 Å². The van der Waals surface area contributed by atoms with E-state index in [4.69, 9.17) is 0 Å². The Morgan fingerprint density at radius 3 is 2.58 bits per heavy atom. The highest BCUT2D eigenvalue weighted by molar-refractivity contribution is 6.24. The van der Waals surface area contributed by atoms with Crippen LogP contribution in [-0.2, 0) is 9.59 Å². The van der Waals surface area contributed by atoms with Crippen LogP contribution in [0.5, 0.6) is 0 Å². The van der Waals surface area contributed by atoms with Crippen LogP contribution in [0.4, 0.5) is 5.69 Å². The van der Waals surface area contributed by atoms with Gasteiger partial charge in [0.1, 0.15) is 12.1 Å². The zero-order valence-electron chi connectivity index (χ0n) is 13.7. The minimum atomic E-state index is -0.915. The third kappa shape index (κ3) is 3.18. The number of nitrogens with zero attached hydrogens (tertiary/aromatic N) is 2. The van der Waals surface area contributed by atoms with E-state index in [0.717, 1.165) is 6.07 Å². The van der Waals surface area contributed by atoms with Crippen molar-refractivity contribution in [1.82, 2.24) is 15.5 Å². The summed E-state index contributed by atoms with van der Waals surface area (Å²) in [6.45, 7) is 0.683. The summed E-state index contributed by atoms with van der Waals surface area (Å²) >= 11 is 0. The normalized spacial score (nSPS) is 17.2. The van der Waals surface area contributed by atoms with Crippen molar-refractivity contribution in [2.75, 3.05) is 19.6 Å². The molecule has 0 radical (unpaired) electrons. The highest BCUT2D eigenvalue weighted by atomic mass is 16.6. The standard InChI is InChI=1S/C16H16N4O6/c21-12(18-14(22)9-4-6-17-7-5-9)8-19-15(23)10-2-1-3-11(20(25)26)13(10)16(19)24/h1-3,9,17H,4-8H2,(H,18,21,22). The summed E-state index contributed by atoms with van der Waals surface area (Å²) in [5.74, 6) is -3.26. The Kier molecular flexibility index (Phi) is 4.76. The van der Waals surface area contributed by atoms with Gasteiger partial charge >= 0.3 is 0 Å². The van der Waals surface area contributed by atoms with Crippen LogP contribution in [0.15, 0.2) is 18.2 Å². The highest BCUT2D eigenvalue weighted by Crippen LogP contribution is 2.30. The van der Waals surface area contributed by atoms with Crippen LogP contribution in [0, 0.1) is 16.0 Å². The molecule has 2 aliphatic rings. The van der Waals surface area contributed by atoms with Crippen molar-refractivity contribution in [2.45, 2.75) is 12.8 Å². The quantitative estimate of drug-likeness (QED) is 0.432. The van der Waals surface area contributed by atoms with Crippen LogP contribution in [-0.4, -0.2) is 53.1 Å². The molecule has 26 heavy (non-hydrogen) atoms. The molecular formula is C16H16N4O6. The summed E-state index contributed by atoms with van der Waals surface area (Å²) in [5, 5.41) is 16.4. The zero-order valence-corrected chi connectivity index (χ0v) is 13.7. The zero-order chi connectivity index (χ0) is 18.8. The molecule has 1 aromatic carbocycles. The molecule has 3 rings (SSSR count). The molecule has 136 valence electrons. The van der Waals surface area contributed by atoms with E-state index in [1.165, 1.54) is 12.1 Å². The molecular weight excluding hydrogens is 344 g/mol. The molecule has 4 amide bonds. The van der Waals surface area contributed by atoms with Gasteiger partial charge in [-0.15, -0.1) is 0 Å². The van der Waals surface area contributed by atoms with Crippen molar-refractivity contribution >= 4 is 29.3 Å². The summed E-state index contributed by atoms with van der Waals surface area (Å²) in [6, 6.07) is 3.71. The topological polar surface area (TPSA) is 139 Å². The van der Waals surface area contributed by atoms with E-state index in [0.29, 0.717) is 30.8 Å². The fourth-order valence-corrected chi connectivity index (χ4v) is 3.12. The summed E-state index contributed by atoms with van der Waals surface area (Å²) in [5.41, 5.74) is -0.948. The largest absolute Gasteiger partial charge is 0.317 e. The van der Waals surface area contributed by atoms with Crippen molar-refractivity contribution < 1.29 is 24.1 Å². The van der Waals surface area contributed by atoms with Crippen molar-refractivity contribution in [3.8, 4) is 0 Å². The molecule has 0 aliphatic carbocycles. The first-order valence-corrected chi connectivity index (χ1v) is 8.08. The summed E-state index contributed by atoms with van der Waals surface area (Å²) in [7, 11) is 0. The lowest BCUT2D eigenvalue weighted by molar-refractivity contribution is -0.385. The Balaban J connectivity index is 1.70. The number of fused-ring (bicyclic) bond motifs is 1. The smallest absolute Gasteiger partial charge is 0.282 e. The monoisotopic (exact) mass is 360 g/mol. The first-order valence-electron chi connectivity index (χ1n) is 8.08. The predicted molar refractivity (Wildman–Crippen MR) is 87.2 cm³/mol. The number of hydrogen-bond donors (Lipinski definition) is 2. The summed E-state index contributed by atoms with van der Waals surface area (Å²) < 4.78 is 0. The first-order chi connectivity index (χ1) is 12.4. The van der Waals surface area contributed by atoms with Gasteiger partial charge in [-0.1, -0.05) is 6.07 Å². The Morgan fingerprint density at radius 2 is 1.92 bits per heavy atom. The molecule has 0 saturated carbocycles. The van der Waals surface area contributed by atoms with E-state index in [1.807, 2.05) is 0 Å². The highest BCUT2D eigenvalue weighted by Gasteiger charge is 2.41. The van der Waals surface area contributed by atoms with Crippen molar-refractivity contribution in [3.05, 3.63) is 39.4 Å². The number of carbonyl (C=O) groups is 4. The number of imide groups is 2. The molecule has 0 bridgehead atoms. The molecule has 1 aromatic rings. The van der Waals surface area contributed by atoms with Gasteiger partial charge in [0, 0.05) is 12.0 Å². The summed E-state index contributed by atoms with van der Waals surface area (Å²) in [4.78, 5) is 59.8. The fourth-order valence-electron chi connectivity index (χ4n) is 3.12.